The predicted octanol–water partition coefficient (Wildman–Crippen LogP) is 1.41. The minimum absolute atomic E-state index is 0.0149. The minimum atomic E-state index is -0.164. The van der Waals surface area contributed by atoms with Crippen LogP contribution in [0.15, 0.2) is 4.42 Å². The van der Waals surface area contributed by atoms with E-state index in [-0.39, 0.29) is 18.6 Å². The van der Waals surface area contributed by atoms with Gasteiger partial charge in [-0.05, 0) is 19.9 Å². The Hall–Kier alpha value is -1.91. The van der Waals surface area contributed by atoms with Crippen molar-refractivity contribution in [3.63, 3.8) is 0 Å². The lowest BCUT2D eigenvalue weighted by Gasteiger charge is -2.12. The van der Waals surface area contributed by atoms with E-state index < -0.39 is 0 Å². The number of nitrogens with one attached hydrogen (secondary N) is 1. The van der Waals surface area contributed by atoms with Crippen LogP contribution in [0.2, 0.25) is 0 Å². The van der Waals surface area contributed by atoms with Crippen molar-refractivity contribution in [1.29, 1.82) is 0 Å². The molecule has 1 aliphatic rings. The van der Waals surface area contributed by atoms with Gasteiger partial charge < -0.3 is 9.15 Å². The molecule has 1 saturated heterocycles. The minimum Gasteiger partial charge on any atom is -0.424 e. The van der Waals surface area contributed by atoms with Crippen molar-refractivity contribution < 1.29 is 13.9 Å². The first kappa shape index (κ1) is 16.9. The zero-order chi connectivity index (χ0) is 16.9. The molecule has 2 aromatic heterocycles. The van der Waals surface area contributed by atoms with Crippen LogP contribution in [0.4, 0.5) is 5.13 Å². The highest BCUT2D eigenvalue weighted by Crippen LogP contribution is 2.31. The molecule has 0 saturated carbocycles. The Balaban J connectivity index is 1.47. The van der Waals surface area contributed by atoms with E-state index in [4.69, 9.17) is 9.15 Å². The first-order chi connectivity index (χ1) is 11.6. The average molecular weight is 352 g/mol. The van der Waals surface area contributed by atoms with Gasteiger partial charge >= 0.3 is 0 Å². The fourth-order valence-electron chi connectivity index (χ4n) is 2.37. The molecule has 3 heterocycles. The predicted molar refractivity (Wildman–Crippen MR) is 86.5 cm³/mol. The quantitative estimate of drug-likeness (QED) is 0.797. The highest BCUT2D eigenvalue weighted by molar-refractivity contribution is 7.15. The standard InChI is InChI=1S/C14H20N6O3S/c1-3-11-16-17-12(23-11)8-20(2)7-10(21)15-14-19-18-13(24-14)9-5-4-6-22-9/h9H,3-8H2,1-2H3,(H,15,19,21). The van der Waals surface area contributed by atoms with Gasteiger partial charge in [-0.15, -0.1) is 20.4 Å². The molecule has 0 radical (unpaired) electrons. The van der Waals surface area contributed by atoms with Crippen molar-refractivity contribution in [1.82, 2.24) is 25.3 Å². The molecular formula is C14H20N6O3S. The molecule has 130 valence electrons. The van der Waals surface area contributed by atoms with E-state index in [1.807, 2.05) is 14.0 Å². The van der Waals surface area contributed by atoms with E-state index in [0.29, 0.717) is 29.9 Å². The molecule has 1 unspecified atom stereocenters. The maximum absolute atomic E-state index is 12.1. The second kappa shape index (κ2) is 7.77. The Bertz CT molecular complexity index is 682. The molecule has 9 nitrogen and oxygen atoms in total. The normalized spacial score (nSPS) is 17.5. The van der Waals surface area contributed by atoms with E-state index >= 15 is 0 Å². The Morgan fingerprint density at radius 3 is 2.88 bits per heavy atom. The van der Waals surface area contributed by atoms with E-state index in [1.54, 1.807) is 4.90 Å². The average Bonchev–Trinajstić information content (AvgIpc) is 3.27. The second-order valence-electron chi connectivity index (χ2n) is 5.61. The van der Waals surface area contributed by atoms with Gasteiger partial charge in [0.05, 0.1) is 13.1 Å². The molecule has 0 aliphatic carbocycles. The van der Waals surface area contributed by atoms with Crippen LogP contribution in [0.5, 0.6) is 0 Å². The molecule has 1 atom stereocenters. The number of carbonyl (C=O) groups is 1. The lowest BCUT2D eigenvalue weighted by molar-refractivity contribution is -0.117. The van der Waals surface area contributed by atoms with Crippen LogP contribution < -0.4 is 5.32 Å². The van der Waals surface area contributed by atoms with Crippen LogP contribution in [0, 0.1) is 0 Å². The van der Waals surface area contributed by atoms with Crippen LogP contribution in [-0.4, -0.2) is 51.4 Å². The summed E-state index contributed by atoms with van der Waals surface area (Å²) in [4.78, 5) is 13.9. The molecule has 24 heavy (non-hydrogen) atoms. The molecule has 0 spiro atoms. The maximum Gasteiger partial charge on any atom is 0.240 e. The third-order valence-corrected chi connectivity index (χ3v) is 4.45. The number of anilines is 1. The molecular weight excluding hydrogens is 332 g/mol. The number of rotatable bonds is 7. The van der Waals surface area contributed by atoms with Crippen molar-refractivity contribution in [2.24, 2.45) is 0 Å². The number of nitrogens with zero attached hydrogens (tertiary/aromatic N) is 5. The van der Waals surface area contributed by atoms with E-state index in [9.17, 15) is 4.79 Å². The Morgan fingerprint density at radius 2 is 2.17 bits per heavy atom. The molecule has 1 fully saturated rings. The molecule has 3 rings (SSSR count). The Morgan fingerprint density at radius 1 is 1.33 bits per heavy atom. The van der Waals surface area contributed by atoms with E-state index in [0.717, 1.165) is 24.5 Å². The number of aromatic nitrogens is 4. The van der Waals surface area contributed by atoms with Crippen molar-refractivity contribution in [2.75, 3.05) is 25.5 Å². The fourth-order valence-corrected chi connectivity index (χ4v) is 3.22. The van der Waals surface area contributed by atoms with Gasteiger partial charge in [0.15, 0.2) is 0 Å². The van der Waals surface area contributed by atoms with Crippen molar-refractivity contribution in [3.8, 4) is 0 Å². The number of amides is 1. The molecule has 1 N–H and O–H groups in total. The molecule has 0 aromatic carbocycles. The van der Waals surface area contributed by atoms with Crippen LogP contribution in [0.1, 0.15) is 42.7 Å². The molecule has 0 bridgehead atoms. The lowest BCUT2D eigenvalue weighted by Crippen LogP contribution is -2.29. The van der Waals surface area contributed by atoms with E-state index in [2.05, 4.69) is 25.7 Å². The first-order valence-corrected chi connectivity index (χ1v) is 8.70. The topological polar surface area (TPSA) is 106 Å². The lowest BCUT2D eigenvalue weighted by atomic mass is 10.2. The monoisotopic (exact) mass is 352 g/mol. The summed E-state index contributed by atoms with van der Waals surface area (Å²) in [5.41, 5.74) is 0. The zero-order valence-corrected chi connectivity index (χ0v) is 14.5. The largest absolute Gasteiger partial charge is 0.424 e. The van der Waals surface area contributed by atoms with Gasteiger partial charge in [0, 0.05) is 13.0 Å². The summed E-state index contributed by atoms with van der Waals surface area (Å²) in [7, 11) is 1.81. The summed E-state index contributed by atoms with van der Waals surface area (Å²) >= 11 is 1.36. The van der Waals surface area contributed by atoms with Gasteiger partial charge in [0.2, 0.25) is 22.8 Å². The third kappa shape index (κ3) is 4.34. The number of carbonyl (C=O) groups excluding carboxylic acids is 1. The van der Waals surface area contributed by atoms with Gasteiger partial charge in [0.1, 0.15) is 11.1 Å². The number of ether oxygens (including phenoxy) is 1. The summed E-state index contributed by atoms with van der Waals surface area (Å²) in [5, 5.41) is 20.0. The molecule has 1 amide bonds. The van der Waals surface area contributed by atoms with Gasteiger partial charge in [-0.1, -0.05) is 18.3 Å². The fraction of sp³-hybridized carbons (Fsp3) is 0.643. The van der Waals surface area contributed by atoms with Gasteiger partial charge in [0.25, 0.3) is 0 Å². The number of hydrogen-bond donors (Lipinski definition) is 1. The van der Waals surface area contributed by atoms with Crippen molar-refractivity contribution >= 4 is 22.4 Å². The first-order valence-electron chi connectivity index (χ1n) is 7.88. The summed E-state index contributed by atoms with van der Waals surface area (Å²) in [5.74, 6) is 0.930. The molecule has 2 aromatic rings. The highest BCUT2D eigenvalue weighted by atomic mass is 32.1. The summed E-state index contributed by atoms with van der Waals surface area (Å²) in [6.45, 7) is 3.31. The Kier molecular flexibility index (Phi) is 5.48. The SMILES string of the molecule is CCc1nnc(CN(C)CC(=O)Nc2nnc(C3CCCO3)s2)o1. The highest BCUT2D eigenvalue weighted by Gasteiger charge is 2.22. The maximum atomic E-state index is 12.1. The van der Waals surface area contributed by atoms with Gasteiger partial charge in [-0.2, -0.15) is 0 Å². The van der Waals surface area contributed by atoms with Crippen LogP contribution in [-0.2, 0) is 22.5 Å². The van der Waals surface area contributed by atoms with Crippen molar-refractivity contribution in [2.45, 2.75) is 38.8 Å². The van der Waals surface area contributed by atoms with Gasteiger partial charge in [-0.25, -0.2) is 0 Å². The van der Waals surface area contributed by atoms with Crippen LogP contribution in [0.25, 0.3) is 0 Å². The second-order valence-corrected chi connectivity index (χ2v) is 6.62. The number of aryl methyl sites for hydroxylation is 1. The number of hydrogen-bond acceptors (Lipinski definition) is 9. The number of likely N-dealkylation sites (N-methyl/N-ethyl adjacent to an activating group) is 1. The van der Waals surface area contributed by atoms with Crippen LogP contribution >= 0.6 is 11.3 Å². The smallest absolute Gasteiger partial charge is 0.240 e. The molecule has 10 heteroatoms. The van der Waals surface area contributed by atoms with Crippen LogP contribution in [0.3, 0.4) is 0 Å². The van der Waals surface area contributed by atoms with Gasteiger partial charge in [-0.3, -0.25) is 15.0 Å². The van der Waals surface area contributed by atoms with E-state index in [1.165, 1.54) is 11.3 Å². The van der Waals surface area contributed by atoms with Crippen molar-refractivity contribution in [3.05, 3.63) is 16.8 Å². The summed E-state index contributed by atoms with van der Waals surface area (Å²) in [6, 6.07) is 0. The molecule has 1 aliphatic heterocycles. The third-order valence-electron chi connectivity index (χ3n) is 3.52. The summed E-state index contributed by atoms with van der Waals surface area (Å²) < 4.78 is 11.0. The summed E-state index contributed by atoms with van der Waals surface area (Å²) in [6.07, 6.45) is 2.70. The Labute approximate surface area is 143 Å². The zero-order valence-electron chi connectivity index (χ0n) is 13.7.